The van der Waals surface area contributed by atoms with Crippen LogP contribution < -0.4 is 9.30 Å². The first-order valence-corrected chi connectivity index (χ1v) is 25.9. The number of pyridine rings is 1. The highest BCUT2D eigenvalue weighted by Crippen LogP contribution is 2.45. The summed E-state index contributed by atoms with van der Waals surface area (Å²) in [6.07, 6.45) is 8.13. The molecule has 3 aromatic heterocycles. The van der Waals surface area contributed by atoms with Gasteiger partial charge in [-0.25, -0.2) is 4.98 Å². The zero-order valence-electron chi connectivity index (χ0n) is 45.1. The molecular formula is C68H70N4O. The molecule has 0 saturated heterocycles. The second kappa shape index (κ2) is 18.2. The van der Waals surface area contributed by atoms with Crippen molar-refractivity contribution in [2.75, 3.05) is 0 Å². The van der Waals surface area contributed by atoms with Crippen LogP contribution in [0.1, 0.15) is 129 Å². The molecule has 5 nitrogen and oxygen atoms in total. The van der Waals surface area contributed by atoms with E-state index in [1.54, 1.807) is 0 Å². The summed E-state index contributed by atoms with van der Waals surface area (Å²) in [4.78, 5) is 5.06. The number of benzene rings is 7. The minimum atomic E-state index is -0.397. The van der Waals surface area contributed by atoms with Crippen molar-refractivity contribution in [3.63, 3.8) is 0 Å². The number of aromatic nitrogens is 4. The van der Waals surface area contributed by atoms with Gasteiger partial charge in [-0.15, -0.1) is 0 Å². The molecule has 0 bridgehead atoms. The Bertz CT molecular complexity index is 3630. The molecule has 5 heteroatoms. The predicted molar refractivity (Wildman–Crippen MR) is 303 cm³/mol. The van der Waals surface area contributed by atoms with Crippen LogP contribution in [0.25, 0.3) is 50.1 Å². The molecule has 0 fully saturated rings. The molecule has 0 aliphatic carbocycles. The molecule has 10 rings (SSSR count). The van der Waals surface area contributed by atoms with Crippen LogP contribution in [0.4, 0.5) is 0 Å². The second-order valence-corrected chi connectivity index (χ2v) is 24.1. The van der Waals surface area contributed by atoms with Crippen molar-refractivity contribution >= 4 is 21.8 Å². The van der Waals surface area contributed by atoms with E-state index in [1.807, 2.05) is 6.20 Å². The van der Waals surface area contributed by atoms with E-state index in [1.165, 1.54) is 49.7 Å². The Morgan fingerprint density at radius 1 is 0.466 bits per heavy atom. The number of hydrogen-bond donors (Lipinski definition) is 0. The van der Waals surface area contributed by atoms with Crippen molar-refractivity contribution in [1.29, 1.82) is 0 Å². The lowest BCUT2D eigenvalue weighted by Crippen LogP contribution is -2.40. The van der Waals surface area contributed by atoms with E-state index >= 15 is 0 Å². The van der Waals surface area contributed by atoms with Crippen LogP contribution in [0.15, 0.2) is 188 Å². The van der Waals surface area contributed by atoms with Crippen molar-refractivity contribution in [2.24, 2.45) is 0 Å². The number of imidazole rings is 1. The average molecular weight is 959 g/mol. The standard InChI is InChI=1S/C68H70N4O/c1-64(2,3)50-33-34-69-62(40-50)72-59-32-24-23-31-57(59)63-58(67(10,11)48-27-19-15-20-28-48)42-56(43-60(63)72)73-55-39-52(66(7,8)9)37-53(41-55)70-44-61(68(12,13)49-29-21-16-22-30-49)71(45-70)54-36-47(46-25-17-14-18-26-46)35-51(38-54)65(4,5)6/h14-44H,1-13H3. The van der Waals surface area contributed by atoms with E-state index in [-0.39, 0.29) is 16.2 Å². The summed E-state index contributed by atoms with van der Waals surface area (Å²) in [5.41, 5.74) is 13.8. The maximum Gasteiger partial charge on any atom is 0.269 e. The van der Waals surface area contributed by atoms with Gasteiger partial charge >= 0.3 is 0 Å². The number of nitrogens with zero attached hydrogens (tertiary/aromatic N) is 4. The lowest BCUT2D eigenvalue weighted by Gasteiger charge is -2.28. The maximum atomic E-state index is 7.33. The van der Waals surface area contributed by atoms with E-state index < -0.39 is 10.8 Å². The minimum absolute atomic E-state index is 0.0585. The molecular weight excluding hydrogens is 889 g/mol. The molecule has 0 amide bonds. The van der Waals surface area contributed by atoms with Gasteiger partial charge in [0.2, 0.25) is 0 Å². The monoisotopic (exact) mass is 959 g/mol. The molecule has 0 aliphatic rings. The number of fused-ring (bicyclic) bond motifs is 3. The highest BCUT2D eigenvalue weighted by atomic mass is 16.5. The molecule has 368 valence electrons. The SMILES string of the molecule is CC(C)(C)c1cc(Oc2cc(C(C)(C)c3ccccc3)c3c4ccccc4n(-c4cc(C(C)(C)C)ccn4)c3c2)cc(-n2[c-][n+](-c3cc(-c4ccccc4)cc(C(C)(C)C)c3)c(C(C)(C)c3ccccc3)c2)c1. The van der Waals surface area contributed by atoms with Crippen molar-refractivity contribution in [2.45, 2.75) is 117 Å². The summed E-state index contributed by atoms with van der Waals surface area (Å²) in [6.45, 7) is 29.7. The number of hydrogen-bond acceptors (Lipinski definition) is 2. The number of ether oxygens (including phenoxy) is 1. The first kappa shape index (κ1) is 49.1. The Hall–Kier alpha value is -7.50. The Morgan fingerprint density at radius 2 is 1.04 bits per heavy atom. The van der Waals surface area contributed by atoms with Crippen LogP contribution in [-0.4, -0.2) is 14.1 Å². The van der Waals surface area contributed by atoms with Gasteiger partial charge < -0.3 is 4.74 Å². The van der Waals surface area contributed by atoms with Crippen molar-refractivity contribution in [1.82, 2.24) is 14.1 Å². The minimum Gasteiger partial charge on any atom is -0.458 e. The van der Waals surface area contributed by atoms with Gasteiger partial charge in [-0.1, -0.05) is 205 Å². The first-order valence-electron chi connectivity index (χ1n) is 25.9. The third-order valence-electron chi connectivity index (χ3n) is 15.0. The largest absolute Gasteiger partial charge is 0.458 e. The zero-order chi connectivity index (χ0) is 51.7. The van der Waals surface area contributed by atoms with Gasteiger partial charge in [-0.2, -0.15) is 0 Å². The van der Waals surface area contributed by atoms with Crippen molar-refractivity contribution in [3.05, 3.63) is 234 Å². The Labute approximate surface area is 433 Å². The molecule has 0 aliphatic heterocycles. The molecule has 0 spiro atoms. The first-order chi connectivity index (χ1) is 34.6. The summed E-state index contributed by atoms with van der Waals surface area (Å²) >= 11 is 0. The Kier molecular flexibility index (Phi) is 12.2. The second-order valence-electron chi connectivity index (χ2n) is 24.1. The van der Waals surface area contributed by atoms with E-state index in [2.05, 4.69) is 292 Å². The number of para-hydroxylation sites is 1. The fraction of sp³-hybridized carbons (Fsp3) is 0.265. The summed E-state index contributed by atoms with van der Waals surface area (Å²) in [5.74, 6) is 2.38. The van der Waals surface area contributed by atoms with Gasteiger partial charge in [0.25, 0.3) is 6.33 Å². The Morgan fingerprint density at radius 3 is 1.68 bits per heavy atom. The average Bonchev–Trinajstić information content (AvgIpc) is 3.97. The van der Waals surface area contributed by atoms with Gasteiger partial charge in [-0.3, -0.25) is 13.7 Å². The van der Waals surface area contributed by atoms with Crippen LogP contribution in [0.2, 0.25) is 0 Å². The molecule has 0 saturated carbocycles. The summed E-state index contributed by atoms with van der Waals surface area (Å²) in [7, 11) is 0. The van der Waals surface area contributed by atoms with Crippen LogP contribution in [-0.2, 0) is 27.1 Å². The highest BCUT2D eigenvalue weighted by Gasteiger charge is 2.32. The van der Waals surface area contributed by atoms with E-state index in [0.717, 1.165) is 51.0 Å². The van der Waals surface area contributed by atoms with Crippen LogP contribution in [0, 0.1) is 6.33 Å². The lowest BCUT2D eigenvalue weighted by molar-refractivity contribution is -0.611. The lowest BCUT2D eigenvalue weighted by atomic mass is 9.76. The molecule has 0 unspecified atom stereocenters. The maximum absolute atomic E-state index is 7.33. The zero-order valence-corrected chi connectivity index (χ0v) is 45.1. The van der Waals surface area contributed by atoms with E-state index in [9.17, 15) is 0 Å². The fourth-order valence-electron chi connectivity index (χ4n) is 10.4. The molecule has 0 atom stereocenters. The highest BCUT2D eigenvalue weighted by molar-refractivity contribution is 6.11. The van der Waals surface area contributed by atoms with Crippen molar-refractivity contribution in [3.8, 4) is 39.8 Å². The van der Waals surface area contributed by atoms with Gasteiger partial charge in [0.15, 0.2) is 0 Å². The predicted octanol–water partition coefficient (Wildman–Crippen LogP) is 17.0. The molecule has 7 aromatic carbocycles. The van der Waals surface area contributed by atoms with Gasteiger partial charge in [0, 0.05) is 40.1 Å². The molecule has 73 heavy (non-hydrogen) atoms. The summed E-state index contributed by atoms with van der Waals surface area (Å²) in [6, 6.07) is 63.7. The molecule has 3 heterocycles. The fourth-order valence-corrected chi connectivity index (χ4v) is 10.4. The summed E-state index contributed by atoms with van der Waals surface area (Å²) in [5, 5.41) is 2.37. The smallest absolute Gasteiger partial charge is 0.269 e. The molecule has 0 radical (unpaired) electrons. The number of rotatable bonds is 10. The van der Waals surface area contributed by atoms with Gasteiger partial charge in [-0.05, 0) is 115 Å². The Balaban J connectivity index is 1.19. The van der Waals surface area contributed by atoms with Crippen molar-refractivity contribution < 1.29 is 9.30 Å². The topological polar surface area (TPSA) is 35.9 Å². The quantitative estimate of drug-likeness (QED) is 0.101. The van der Waals surface area contributed by atoms with Gasteiger partial charge in [0.05, 0.1) is 28.1 Å². The van der Waals surface area contributed by atoms with E-state index in [0.29, 0.717) is 0 Å². The molecule has 10 aromatic rings. The van der Waals surface area contributed by atoms with Crippen LogP contribution in [0.3, 0.4) is 0 Å². The normalized spacial score (nSPS) is 12.7. The third kappa shape index (κ3) is 9.43. The van der Waals surface area contributed by atoms with Crippen LogP contribution in [0.5, 0.6) is 11.5 Å². The molecule has 0 N–H and O–H groups in total. The van der Waals surface area contributed by atoms with E-state index in [4.69, 9.17) is 9.72 Å². The van der Waals surface area contributed by atoms with Crippen LogP contribution >= 0.6 is 0 Å². The summed E-state index contributed by atoms with van der Waals surface area (Å²) < 4.78 is 14.1. The third-order valence-corrected chi connectivity index (χ3v) is 15.0. The van der Waals surface area contributed by atoms with Gasteiger partial charge in [0.1, 0.15) is 17.3 Å².